The Hall–Kier alpha value is -2.83. The van der Waals surface area contributed by atoms with Crippen LogP contribution in [-0.4, -0.2) is 28.9 Å². The molecule has 1 aliphatic rings. The molecule has 2 amide bonds. The monoisotopic (exact) mass is 357 g/mol. The van der Waals surface area contributed by atoms with Crippen molar-refractivity contribution in [2.24, 2.45) is 0 Å². The lowest BCUT2D eigenvalue weighted by molar-refractivity contribution is -0.148. The second-order valence-corrected chi connectivity index (χ2v) is 6.47. The number of furan rings is 1. The van der Waals surface area contributed by atoms with Crippen molar-refractivity contribution >= 4 is 17.6 Å². The van der Waals surface area contributed by atoms with Crippen molar-refractivity contribution in [1.82, 2.24) is 10.3 Å². The largest absolute Gasteiger partial charge is 0.465 e. The Morgan fingerprint density at radius 2 is 2.15 bits per heavy atom. The lowest BCUT2D eigenvalue weighted by Crippen LogP contribution is -2.62. The summed E-state index contributed by atoms with van der Waals surface area (Å²) in [6.45, 7) is 6.04. The van der Waals surface area contributed by atoms with Crippen molar-refractivity contribution in [2.45, 2.75) is 45.8 Å². The van der Waals surface area contributed by atoms with Crippen LogP contribution in [0.2, 0.25) is 0 Å². The number of anilines is 1. The zero-order valence-electron chi connectivity index (χ0n) is 15.2. The number of carbonyl (C=O) groups excluding carboxylic acids is 2. The molecule has 0 fully saturated rings. The van der Waals surface area contributed by atoms with Crippen LogP contribution in [0.4, 0.5) is 5.82 Å². The Morgan fingerprint density at radius 3 is 2.85 bits per heavy atom. The maximum Gasteiger partial charge on any atom is 0.282 e. The van der Waals surface area contributed by atoms with E-state index in [0.717, 1.165) is 18.6 Å². The molecule has 0 aromatic carbocycles. The molecule has 0 aliphatic carbocycles. The van der Waals surface area contributed by atoms with Gasteiger partial charge in [-0.15, -0.1) is 0 Å². The van der Waals surface area contributed by atoms with Crippen molar-refractivity contribution in [3.63, 3.8) is 0 Å². The predicted octanol–water partition coefficient (Wildman–Crippen LogP) is 2.58. The number of unbranched alkanes of at least 4 members (excludes halogenated alkanes) is 1. The van der Waals surface area contributed by atoms with Gasteiger partial charge in [0.05, 0.1) is 6.54 Å². The molecule has 26 heavy (non-hydrogen) atoms. The summed E-state index contributed by atoms with van der Waals surface area (Å²) in [5, 5.41) is 2.73. The van der Waals surface area contributed by atoms with Crippen molar-refractivity contribution in [3.8, 4) is 5.75 Å². The summed E-state index contributed by atoms with van der Waals surface area (Å²) < 4.78 is 11.3. The third-order valence-electron chi connectivity index (χ3n) is 4.36. The van der Waals surface area contributed by atoms with Crippen LogP contribution in [0.15, 0.2) is 34.9 Å². The fourth-order valence-electron chi connectivity index (χ4n) is 2.87. The highest BCUT2D eigenvalue weighted by Gasteiger charge is 2.51. The summed E-state index contributed by atoms with van der Waals surface area (Å²) in [4.78, 5) is 31.6. The van der Waals surface area contributed by atoms with Gasteiger partial charge in [-0.05, 0) is 44.5 Å². The molecule has 2 aromatic rings. The molecule has 3 heterocycles. The number of hydrogen-bond acceptors (Lipinski definition) is 5. The number of fused-ring (bicyclic) bond motifs is 1. The summed E-state index contributed by atoms with van der Waals surface area (Å²) in [5.41, 5.74) is -1.65. The van der Waals surface area contributed by atoms with Gasteiger partial charge in [-0.25, -0.2) is 4.98 Å². The van der Waals surface area contributed by atoms with Crippen LogP contribution in [0, 0.1) is 6.92 Å². The summed E-state index contributed by atoms with van der Waals surface area (Å²) in [6, 6.07) is 7.04. The van der Waals surface area contributed by atoms with Gasteiger partial charge in [0.1, 0.15) is 11.5 Å². The van der Waals surface area contributed by atoms with E-state index in [1.165, 1.54) is 6.92 Å². The second kappa shape index (κ2) is 7.19. The highest BCUT2D eigenvalue weighted by molar-refractivity contribution is 6.16. The summed E-state index contributed by atoms with van der Waals surface area (Å²) in [6.07, 6.45) is 3.34. The molecule has 138 valence electrons. The number of amides is 2. The maximum absolute atomic E-state index is 13.0. The lowest BCUT2D eigenvalue weighted by atomic mass is 10.0. The van der Waals surface area contributed by atoms with Crippen LogP contribution >= 0.6 is 0 Å². The van der Waals surface area contributed by atoms with Gasteiger partial charge in [-0.1, -0.05) is 13.3 Å². The first-order valence-corrected chi connectivity index (χ1v) is 8.75. The molecule has 1 atom stereocenters. The van der Waals surface area contributed by atoms with E-state index < -0.39 is 17.4 Å². The van der Waals surface area contributed by atoms with E-state index in [1.54, 1.807) is 29.3 Å². The predicted molar refractivity (Wildman–Crippen MR) is 95.8 cm³/mol. The molecule has 3 rings (SSSR count). The fourth-order valence-corrected chi connectivity index (χ4v) is 2.87. The van der Waals surface area contributed by atoms with Gasteiger partial charge in [-0.2, -0.15) is 0 Å². The Balaban J connectivity index is 1.83. The van der Waals surface area contributed by atoms with Crippen molar-refractivity contribution in [3.05, 3.63) is 42.0 Å². The Morgan fingerprint density at radius 1 is 1.35 bits per heavy atom. The third kappa shape index (κ3) is 3.29. The van der Waals surface area contributed by atoms with E-state index in [9.17, 15) is 9.59 Å². The Labute approximate surface area is 152 Å². The zero-order chi connectivity index (χ0) is 18.7. The van der Waals surface area contributed by atoms with Crippen LogP contribution in [0.3, 0.4) is 0 Å². The van der Waals surface area contributed by atoms with Gasteiger partial charge in [0.15, 0.2) is 11.6 Å². The minimum absolute atomic E-state index is 0.188. The van der Waals surface area contributed by atoms with Crippen molar-refractivity contribution in [1.29, 1.82) is 0 Å². The van der Waals surface area contributed by atoms with Gasteiger partial charge in [0.2, 0.25) is 0 Å². The average molecular weight is 357 g/mol. The molecule has 7 nitrogen and oxygen atoms in total. The number of pyridine rings is 1. The summed E-state index contributed by atoms with van der Waals surface area (Å²) >= 11 is 0. The number of carbonyl (C=O) groups is 2. The van der Waals surface area contributed by atoms with E-state index in [4.69, 9.17) is 9.15 Å². The van der Waals surface area contributed by atoms with E-state index >= 15 is 0 Å². The molecule has 0 radical (unpaired) electrons. The van der Waals surface area contributed by atoms with Gasteiger partial charge in [0, 0.05) is 12.7 Å². The molecule has 1 aliphatic heterocycles. The van der Waals surface area contributed by atoms with E-state index in [1.807, 2.05) is 19.9 Å². The SMILES string of the molecule is CCCCN1C(=O)[C@@](C)(C(=O)NCc2ccc(C)o2)Oc2cccnc21. The molecular formula is C19H23N3O4. The second-order valence-electron chi connectivity index (χ2n) is 6.47. The van der Waals surface area contributed by atoms with Gasteiger partial charge >= 0.3 is 0 Å². The van der Waals surface area contributed by atoms with Gasteiger partial charge in [0.25, 0.3) is 17.4 Å². The maximum atomic E-state index is 13.0. The quantitative estimate of drug-likeness (QED) is 0.803. The van der Waals surface area contributed by atoms with Gasteiger partial charge in [-0.3, -0.25) is 14.5 Å². The standard InChI is InChI=1S/C19H23N3O4/c1-4-5-11-22-16-15(7-6-10-20-16)26-19(3,18(22)24)17(23)21-12-14-9-8-13(2)25-14/h6-10H,4-5,11-12H2,1-3H3,(H,21,23)/t19-/m1/s1. The van der Waals surface area contributed by atoms with Crippen LogP contribution in [0.1, 0.15) is 38.2 Å². The molecule has 1 N–H and O–H groups in total. The highest BCUT2D eigenvalue weighted by atomic mass is 16.5. The zero-order valence-corrected chi connectivity index (χ0v) is 15.2. The smallest absolute Gasteiger partial charge is 0.282 e. The molecule has 0 saturated heterocycles. The summed E-state index contributed by atoms with van der Waals surface area (Å²) in [5.74, 6) is 1.34. The van der Waals surface area contributed by atoms with E-state index in [0.29, 0.717) is 23.9 Å². The molecule has 0 unspecified atom stereocenters. The van der Waals surface area contributed by atoms with E-state index in [2.05, 4.69) is 10.3 Å². The first-order chi connectivity index (χ1) is 12.5. The van der Waals surface area contributed by atoms with Crippen molar-refractivity contribution < 1.29 is 18.7 Å². The number of ether oxygens (including phenoxy) is 1. The number of hydrogen-bond donors (Lipinski definition) is 1. The van der Waals surface area contributed by atoms with Gasteiger partial charge < -0.3 is 14.5 Å². The number of aromatic nitrogens is 1. The Kier molecular flexibility index (Phi) is 4.97. The van der Waals surface area contributed by atoms with Crippen molar-refractivity contribution in [2.75, 3.05) is 11.4 Å². The topological polar surface area (TPSA) is 84.7 Å². The molecule has 0 spiro atoms. The van der Waals surface area contributed by atoms with Crippen LogP contribution in [0.25, 0.3) is 0 Å². The molecule has 7 heteroatoms. The third-order valence-corrected chi connectivity index (χ3v) is 4.36. The van der Waals surface area contributed by atoms with Crippen LogP contribution in [-0.2, 0) is 16.1 Å². The molecule has 0 bridgehead atoms. The minimum atomic E-state index is -1.65. The first kappa shape index (κ1) is 18.0. The van der Waals surface area contributed by atoms with Crippen LogP contribution < -0.4 is 15.0 Å². The van der Waals surface area contributed by atoms with Crippen LogP contribution in [0.5, 0.6) is 5.75 Å². The minimum Gasteiger partial charge on any atom is -0.465 e. The average Bonchev–Trinajstić information content (AvgIpc) is 3.05. The number of nitrogens with one attached hydrogen (secondary N) is 1. The fraction of sp³-hybridized carbons (Fsp3) is 0.421. The first-order valence-electron chi connectivity index (χ1n) is 8.75. The number of aryl methyl sites for hydroxylation is 1. The number of nitrogens with zero attached hydrogens (tertiary/aromatic N) is 2. The molecule has 2 aromatic heterocycles. The highest BCUT2D eigenvalue weighted by Crippen LogP contribution is 2.36. The van der Waals surface area contributed by atoms with E-state index in [-0.39, 0.29) is 6.54 Å². The summed E-state index contributed by atoms with van der Waals surface area (Å²) in [7, 11) is 0. The molecule has 0 saturated carbocycles. The Bertz CT molecular complexity index is 817. The normalized spacial score (nSPS) is 19.0. The molecular weight excluding hydrogens is 334 g/mol. The number of rotatable bonds is 6. The lowest BCUT2D eigenvalue weighted by Gasteiger charge is -2.38.